The van der Waals surface area contributed by atoms with Gasteiger partial charge in [-0.15, -0.1) is 0 Å². The molecule has 39 heavy (non-hydrogen) atoms. The number of nitrogens with zero attached hydrogens (tertiary/aromatic N) is 6. The van der Waals surface area contributed by atoms with Crippen LogP contribution < -0.4 is 16.0 Å². The maximum atomic E-state index is 11.8. The van der Waals surface area contributed by atoms with Crippen molar-refractivity contribution in [3.8, 4) is 11.6 Å². The second-order valence-electron chi connectivity index (χ2n) is 12.9. The van der Waals surface area contributed by atoms with Crippen molar-refractivity contribution in [2.75, 3.05) is 16.8 Å². The largest absolute Gasteiger partial charge is 0.439 e. The quantitative estimate of drug-likeness (QED) is 0.396. The fraction of sp³-hybridized carbons (Fsp3) is 0.759. The molecule has 4 aliphatic rings. The fourth-order valence-electron chi connectivity index (χ4n) is 7.35. The number of H-pyrrole nitrogens is 1. The first-order valence-electron chi connectivity index (χ1n) is 15.4. The Morgan fingerprint density at radius 1 is 1.00 bits per heavy atom. The first-order valence-corrected chi connectivity index (χ1v) is 15.4. The molecule has 3 saturated carbocycles. The Bertz CT molecular complexity index is 1360. The topological polar surface area (TPSA) is 118 Å². The van der Waals surface area contributed by atoms with Gasteiger partial charge in [-0.05, 0) is 82.0 Å². The number of rotatable bonds is 8. The molecule has 1 saturated heterocycles. The molecular formula is C29H42N8O2. The molecule has 0 radical (unpaired) electrons. The SMILES string of the molecule is CC1CCC(Cn2c(N3CCCC3C3CCC3)nc3nc(-c4noc(=O)[nH]4)nc(N[C@H](C)C4CCC4)c32)CC1. The molecule has 7 rings (SSSR count). The maximum Gasteiger partial charge on any atom is 0.439 e. The lowest BCUT2D eigenvalue weighted by Gasteiger charge is -2.38. The molecule has 0 aromatic carbocycles. The second kappa shape index (κ2) is 10.2. The van der Waals surface area contributed by atoms with Gasteiger partial charge in [0.25, 0.3) is 0 Å². The number of imidazole rings is 1. The van der Waals surface area contributed by atoms with Crippen molar-refractivity contribution >= 4 is 22.9 Å². The van der Waals surface area contributed by atoms with Gasteiger partial charge < -0.3 is 14.8 Å². The van der Waals surface area contributed by atoms with Crippen LogP contribution in [-0.2, 0) is 6.54 Å². The van der Waals surface area contributed by atoms with Gasteiger partial charge in [-0.3, -0.25) is 9.51 Å². The number of nitrogens with one attached hydrogen (secondary N) is 2. The van der Waals surface area contributed by atoms with Crippen LogP contribution in [0.15, 0.2) is 9.32 Å². The van der Waals surface area contributed by atoms with Gasteiger partial charge in [0.15, 0.2) is 11.5 Å². The number of anilines is 2. The third-order valence-corrected chi connectivity index (χ3v) is 10.3. The van der Waals surface area contributed by atoms with Crippen molar-refractivity contribution in [2.45, 2.75) is 110 Å². The summed E-state index contributed by atoms with van der Waals surface area (Å²) in [5.74, 6) is 4.69. The minimum atomic E-state index is -0.607. The Kier molecular flexibility index (Phi) is 6.59. The third kappa shape index (κ3) is 4.73. The van der Waals surface area contributed by atoms with Gasteiger partial charge in [0.2, 0.25) is 17.6 Å². The predicted octanol–water partition coefficient (Wildman–Crippen LogP) is 5.37. The van der Waals surface area contributed by atoms with Crippen LogP contribution in [0.4, 0.5) is 11.8 Å². The fourth-order valence-corrected chi connectivity index (χ4v) is 7.35. The van der Waals surface area contributed by atoms with Crippen molar-refractivity contribution in [2.24, 2.45) is 23.7 Å². The van der Waals surface area contributed by atoms with Crippen LogP contribution in [0.1, 0.15) is 90.9 Å². The van der Waals surface area contributed by atoms with Gasteiger partial charge >= 0.3 is 5.76 Å². The standard InChI is InChI=1S/C29H42N8O2/c1-17-11-13-19(14-12-17)16-37-23-24(30-18(2)20-6-3-7-20)31-26(27-34-29(38)39-35-27)32-25(23)33-28(37)36-15-5-10-22(36)21-8-4-9-21/h17-22H,3-16H2,1-2H3,(H,30,31,32)(H,34,35,38)/t17?,18-,19?,22?/m1/s1. The highest BCUT2D eigenvalue weighted by Gasteiger charge is 2.38. The molecule has 0 bridgehead atoms. The number of aromatic amines is 1. The molecule has 4 fully saturated rings. The van der Waals surface area contributed by atoms with Crippen molar-refractivity contribution in [1.82, 2.24) is 29.7 Å². The number of hydrogen-bond donors (Lipinski definition) is 2. The normalized spacial score (nSPS) is 27.0. The number of hydrogen-bond acceptors (Lipinski definition) is 8. The summed E-state index contributed by atoms with van der Waals surface area (Å²) in [6.45, 7) is 6.63. The van der Waals surface area contributed by atoms with Crippen LogP contribution in [0.2, 0.25) is 0 Å². The van der Waals surface area contributed by atoms with E-state index in [-0.39, 0.29) is 11.9 Å². The highest BCUT2D eigenvalue weighted by atomic mass is 16.5. The molecule has 1 aliphatic heterocycles. The Hall–Kier alpha value is -2.91. The van der Waals surface area contributed by atoms with Gasteiger partial charge in [-0.1, -0.05) is 37.8 Å². The maximum absolute atomic E-state index is 11.8. The van der Waals surface area contributed by atoms with Crippen LogP contribution in [0.5, 0.6) is 0 Å². The lowest BCUT2D eigenvalue weighted by molar-refractivity contribution is 0.255. The van der Waals surface area contributed by atoms with E-state index in [4.69, 9.17) is 19.5 Å². The lowest BCUT2D eigenvalue weighted by atomic mass is 9.79. The zero-order chi connectivity index (χ0) is 26.5. The molecule has 10 heteroatoms. The summed E-state index contributed by atoms with van der Waals surface area (Å²) in [5.41, 5.74) is 1.66. The van der Waals surface area contributed by atoms with E-state index in [9.17, 15) is 4.79 Å². The van der Waals surface area contributed by atoms with E-state index in [0.29, 0.717) is 29.3 Å². The summed E-state index contributed by atoms with van der Waals surface area (Å²) in [4.78, 5) is 32.1. The minimum Gasteiger partial charge on any atom is -0.365 e. The van der Waals surface area contributed by atoms with Gasteiger partial charge in [0, 0.05) is 25.2 Å². The van der Waals surface area contributed by atoms with Crippen LogP contribution in [-0.4, -0.2) is 48.3 Å². The van der Waals surface area contributed by atoms with E-state index in [1.165, 1.54) is 77.0 Å². The molecule has 210 valence electrons. The summed E-state index contributed by atoms with van der Waals surface area (Å²) < 4.78 is 7.26. The highest BCUT2D eigenvalue weighted by molar-refractivity contribution is 5.87. The molecule has 2 N–H and O–H groups in total. The minimum absolute atomic E-state index is 0.243. The summed E-state index contributed by atoms with van der Waals surface area (Å²) in [7, 11) is 0. The van der Waals surface area contributed by atoms with Crippen molar-refractivity contribution in [3.05, 3.63) is 10.6 Å². The molecule has 2 atom stereocenters. The number of aromatic nitrogens is 6. The van der Waals surface area contributed by atoms with E-state index < -0.39 is 5.76 Å². The van der Waals surface area contributed by atoms with Crippen molar-refractivity contribution in [3.63, 3.8) is 0 Å². The molecule has 3 aromatic heterocycles. The van der Waals surface area contributed by atoms with Crippen LogP contribution in [0.25, 0.3) is 22.8 Å². The van der Waals surface area contributed by atoms with E-state index in [1.807, 2.05) is 0 Å². The molecule has 0 spiro atoms. The van der Waals surface area contributed by atoms with E-state index in [0.717, 1.165) is 42.2 Å². The zero-order valence-corrected chi connectivity index (χ0v) is 23.4. The molecule has 3 aliphatic carbocycles. The van der Waals surface area contributed by atoms with E-state index >= 15 is 0 Å². The van der Waals surface area contributed by atoms with Crippen LogP contribution in [0.3, 0.4) is 0 Å². The van der Waals surface area contributed by atoms with Gasteiger partial charge in [-0.2, -0.15) is 4.98 Å². The van der Waals surface area contributed by atoms with Gasteiger partial charge in [0.05, 0.1) is 0 Å². The molecule has 4 heterocycles. The number of fused-ring (bicyclic) bond motifs is 1. The Balaban J connectivity index is 1.35. The van der Waals surface area contributed by atoms with E-state index in [2.05, 4.69) is 38.8 Å². The summed E-state index contributed by atoms with van der Waals surface area (Å²) in [5, 5.41) is 7.66. The lowest BCUT2D eigenvalue weighted by Crippen LogP contribution is -2.40. The average molecular weight is 535 g/mol. The van der Waals surface area contributed by atoms with Gasteiger partial charge in [-0.25, -0.2) is 14.8 Å². The second-order valence-corrected chi connectivity index (χ2v) is 12.9. The monoisotopic (exact) mass is 534 g/mol. The van der Waals surface area contributed by atoms with Crippen LogP contribution >= 0.6 is 0 Å². The van der Waals surface area contributed by atoms with E-state index in [1.54, 1.807) is 0 Å². The first-order chi connectivity index (χ1) is 19.0. The highest BCUT2D eigenvalue weighted by Crippen LogP contribution is 2.42. The first kappa shape index (κ1) is 25.1. The summed E-state index contributed by atoms with van der Waals surface area (Å²) >= 11 is 0. The molecule has 3 aromatic rings. The van der Waals surface area contributed by atoms with Crippen molar-refractivity contribution < 1.29 is 4.52 Å². The Labute approximate surface area is 229 Å². The Morgan fingerprint density at radius 3 is 2.46 bits per heavy atom. The smallest absolute Gasteiger partial charge is 0.365 e. The molecule has 1 unspecified atom stereocenters. The molecular weight excluding hydrogens is 492 g/mol. The van der Waals surface area contributed by atoms with Crippen LogP contribution in [0, 0.1) is 23.7 Å². The third-order valence-electron chi connectivity index (χ3n) is 10.3. The Morgan fingerprint density at radius 2 is 1.79 bits per heavy atom. The average Bonchev–Trinajstić information content (AvgIpc) is 3.57. The summed E-state index contributed by atoms with van der Waals surface area (Å²) in [6.07, 6.45) is 15.4. The predicted molar refractivity (Wildman–Crippen MR) is 151 cm³/mol. The molecule has 0 amide bonds. The molecule has 10 nitrogen and oxygen atoms in total. The summed E-state index contributed by atoms with van der Waals surface area (Å²) in [6, 6.07) is 0.850. The zero-order valence-electron chi connectivity index (χ0n) is 23.4. The van der Waals surface area contributed by atoms with Crippen molar-refractivity contribution in [1.29, 1.82) is 0 Å². The van der Waals surface area contributed by atoms with Gasteiger partial charge in [0.1, 0.15) is 5.52 Å².